The second kappa shape index (κ2) is 9.88. The van der Waals surface area contributed by atoms with E-state index in [0.29, 0.717) is 11.2 Å². The van der Waals surface area contributed by atoms with Crippen LogP contribution >= 0.6 is 0 Å². The van der Waals surface area contributed by atoms with E-state index in [4.69, 9.17) is 0 Å². The van der Waals surface area contributed by atoms with Gasteiger partial charge >= 0.3 is 12.4 Å². The highest BCUT2D eigenvalue weighted by Gasteiger charge is 2.31. The highest BCUT2D eigenvalue weighted by molar-refractivity contribution is 5.98. The van der Waals surface area contributed by atoms with E-state index in [0.717, 1.165) is 47.7 Å². The minimum absolute atomic E-state index is 0.211. The van der Waals surface area contributed by atoms with Crippen LogP contribution in [0.25, 0.3) is 27.7 Å². The van der Waals surface area contributed by atoms with E-state index in [1.165, 1.54) is 18.6 Å². The number of halogens is 3. The Hall–Kier alpha value is -4.08. The van der Waals surface area contributed by atoms with Crippen LogP contribution in [-0.2, 0) is 0 Å². The summed E-state index contributed by atoms with van der Waals surface area (Å²) in [6, 6.07) is 13.3. The Morgan fingerprint density at radius 1 is 1.08 bits per heavy atom. The molecule has 0 bridgehead atoms. The molecule has 7 nitrogen and oxygen atoms in total. The van der Waals surface area contributed by atoms with E-state index >= 15 is 0 Å². The van der Waals surface area contributed by atoms with Crippen molar-refractivity contribution in [1.82, 2.24) is 20.1 Å². The van der Waals surface area contributed by atoms with Crippen molar-refractivity contribution < 1.29 is 22.7 Å². The lowest BCUT2D eigenvalue weighted by Gasteiger charge is -2.22. The van der Waals surface area contributed by atoms with Gasteiger partial charge < -0.3 is 10.1 Å². The van der Waals surface area contributed by atoms with Crippen molar-refractivity contribution in [3.63, 3.8) is 0 Å². The zero-order chi connectivity index (χ0) is 25.1. The normalized spacial score (nSPS) is 15.0. The van der Waals surface area contributed by atoms with E-state index in [1.54, 1.807) is 24.5 Å². The van der Waals surface area contributed by atoms with Gasteiger partial charge in [0.25, 0.3) is 0 Å². The van der Waals surface area contributed by atoms with Crippen molar-refractivity contribution in [1.29, 1.82) is 0 Å². The summed E-state index contributed by atoms with van der Waals surface area (Å²) < 4.78 is 43.1. The number of hydrogen-bond donors (Lipinski definition) is 2. The molecule has 1 aliphatic rings. The van der Waals surface area contributed by atoms with Crippen LogP contribution in [0.15, 0.2) is 66.0 Å². The molecule has 2 aromatic heterocycles. The number of nitrogens with one attached hydrogen (secondary N) is 2. The topological polar surface area (TPSA) is 80.0 Å². The molecule has 36 heavy (non-hydrogen) atoms. The zero-order valence-electron chi connectivity index (χ0n) is 19.3. The minimum atomic E-state index is -4.73. The predicted octanol–water partition coefficient (Wildman–Crippen LogP) is 6.02. The average Bonchev–Trinajstić information content (AvgIpc) is 3.29. The second-order valence-corrected chi connectivity index (χ2v) is 8.75. The fourth-order valence-corrected chi connectivity index (χ4v) is 4.54. The molecule has 2 aromatic carbocycles. The SMILES string of the molecule is O=C(NN=Cc1ccc2c(ccn3c(-c4ccc(OC(F)(F)F)cc4)cnc23)c1)NC1CCCCC1. The molecule has 10 heteroatoms. The van der Waals surface area contributed by atoms with Crippen LogP contribution < -0.4 is 15.5 Å². The number of hydrazone groups is 1. The first-order valence-electron chi connectivity index (χ1n) is 11.7. The zero-order valence-corrected chi connectivity index (χ0v) is 19.3. The Morgan fingerprint density at radius 2 is 1.86 bits per heavy atom. The molecular weight excluding hydrogens is 471 g/mol. The molecule has 0 spiro atoms. The average molecular weight is 496 g/mol. The Kier molecular flexibility index (Phi) is 6.49. The third-order valence-electron chi connectivity index (χ3n) is 6.22. The number of nitrogens with zero attached hydrogens (tertiary/aromatic N) is 3. The molecule has 2 heterocycles. The fraction of sp³-hybridized carbons (Fsp3) is 0.269. The van der Waals surface area contributed by atoms with Crippen LogP contribution in [0.3, 0.4) is 0 Å². The predicted molar refractivity (Wildman–Crippen MR) is 131 cm³/mol. The summed E-state index contributed by atoms with van der Waals surface area (Å²) in [6.45, 7) is 0. The Labute approximate surface area is 205 Å². The highest BCUT2D eigenvalue weighted by Crippen LogP contribution is 2.29. The summed E-state index contributed by atoms with van der Waals surface area (Å²) in [5.41, 5.74) is 5.50. The van der Waals surface area contributed by atoms with Gasteiger partial charge in [0.2, 0.25) is 0 Å². The molecule has 2 N–H and O–H groups in total. The number of pyridine rings is 1. The number of aromatic nitrogens is 2. The molecule has 5 rings (SSSR count). The van der Waals surface area contributed by atoms with Gasteiger partial charge in [0.1, 0.15) is 11.4 Å². The first-order valence-corrected chi connectivity index (χ1v) is 11.7. The van der Waals surface area contributed by atoms with Gasteiger partial charge in [0, 0.05) is 23.2 Å². The molecular formula is C26H24F3N5O2. The Morgan fingerprint density at radius 3 is 2.61 bits per heavy atom. The highest BCUT2D eigenvalue weighted by atomic mass is 19.4. The Bertz CT molecular complexity index is 1410. The van der Waals surface area contributed by atoms with Crippen LogP contribution in [-0.4, -0.2) is 34.0 Å². The quantitative estimate of drug-likeness (QED) is 0.263. The number of ether oxygens (including phenoxy) is 1. The van der Waals surface area contributed by atoms with Gasteiger partial charge in [0.05, 0.1) is 18.1 Å². The van der Waals surface area contributed by atoms with Crippen molar-refractivity contribution in [3.8, 4) is 17.0 Å². The van der Waals surface area contributed by atoms with E-state index in [1.807, 2.05) is 34.9 Å². The lowest BCUT2D eigenvalue weighted by molar-refractivity contribution is -0.274. The number of amides is 2. The summed E-state index contributed by atoms with van der Waals surface area (Å²) in [5.74, 6) is -0.277. The number of benzene rings is 2. The number of urea groups is 1. The van der Waals surface area contributed by atoms with Gasteiger partial charge in [-0.1, -0.05) is 25.3 Å². The summed E-state index contributed by atoms with van der Waals surface area (Å²) in [4.78, 5) is 16.6. The number of rotatable bonds is 5. The molecule has 1 fully saturated rings. The van der Waals surface area contributed by atoms with E-state index in [-0.39, 0.29) is 17.8 Å². The molecule has 0 atom stereocenters. The van der Waals surface area contributed by atoms with Crippen molar-refractivity contribution in [2.45, 2.75) is 44.5 Å². The first kappa shape index (κ1) is 23.7. The van der Waals surface area contributed by atoms with Crippen molar-refractivity contribution in [2.24, 2.45) is 5.10 Å². The number of fused-ring (bicyclic) bond motifs is 3. The summed E-state index contributed by atoms with van der Waals surface area (Å²) in [5, 5.41) is 8.85. The standard InChI is InChI=1S/C26H24F3N5O2/c27-26(28,29)36-21-9-7-18(8-10-21)23-16-30-24-22-11-6-17(14-19(22)12-13-34(23)24)15-31-33-25(35)32-20-4-2-1-3-5-20/h6-16,20H,1-5H2,(H2,32,33,35). The van der Waals surface area contributed by atoms with E-state index < -0.39 is 6.36 Å². The molecule has 0 unspecified atom stereocenters. The summed E-state index contributed by atoms with van der Waals surface area (Å²) in [6.07, 6.45) is 5.90. The summed E-state index contributed by atoms with van der Waals surface area (Å²) >= 11 is 0. The third-order valence-corrected chi connectivity index (χ3v) is 6.22. The maximum Gasteiger partial charge on any atom is 0.573 e. The number of imidazole rings is 1. The number of carbonyl (C=O) groups is 1. The van der Waals surface area contributed by atoms with Crippen molar-refractivity contribution in [2.75, 3.05) is 0 Å². The smallest absolute Gasteiger partial charge is 0.406 e. The first-order chi connectivity index (χ1) is 17.4. The van der Waals surface area contributed by atoms with Crippen LogP contribution in [0.4, 0.5) is 18.0 Å². The minimum Gasteiger partial charge on any atom is -0.406 e. The van der Waals surface area contributed by atoms with Gasteiger partial charge in [0.15, 0.2) is 0 Å². The molecule has 1 saturated carbocycles. The van der Waals surface area contributed by atoms with Gasteiger partial charge in [-0.2, -0.15) is 5.10 Å². The number of alkyl halides is 3. The van der Waals surface area contributed by atoms with E-state index in [9.17, 15) is 18.0 Å². The molecule has 0 saturated heterocycles. The van der Waals surface area contributed by atoms with Crippen LogP contribution in [0, 0.1) is 0 Å². The number of hydrogen-bond acceptors (Lipinski definition) is 4. The van der Waals surface area contributed by atoms with Crippen molar-refractivity contribution in [3.05, 3.63) is 66.5 Å². The molecule has 186 valence electrons. The summed E-state index contributed by atoms with van der Waals surface area (Å²) in [7, 11) is 0. The van der Waals surface area contributed by atoms with Gasteiger partial charge in [-0.3, -0.25) is 4.40 Å². The molecule has 1 aliphatic carbocycles. The maximum absolute atomic E-state index is 12.4. The molecule has 0 radical (unpaired) electrons. The van der Waals surface area contributed by atoms with Crippen LogP contribution in [0.2, 0.25) is 0 Å². The largest absolute Gasteiger partial charge is 0.573 e. The second-order valence-electron chi connectivity index (χ2n) is 8.75. The molecule has 4 aromatic rings. The van der Waals surface area contributed by atoms with Crippen LogP contribution in [0.1, 0.15) is 37.7 Å². The third kappa shape index (κ3) is 5.42. The lowest BCUT2D eigenvalue weighted by atomic mass is 9.96. The van der Waals surface area contributed by atoms with Gasteiger partial charge in [-0.15, -0.1) is 13.2 Å². The number of carbonyl (C=O) groups excluding carboxylic acids is 1. The van der Waals surface area contributed by atoms with Gasteiger partial charge in [-0.05, 0) is 66.3 Å². The van der Waals surface area contributed by atoms with Crippen molar-refractivity contribution >= 4 is 28.7 Å². The van der Waals surface area contributed by atoms with Gasteiger partial charge in [-0.25, -0.2) is 15.2 Å². The molecule has 2 amide bonds. The molecule has 0 aliphatic heterocycles. The maximum atomic E-state index is 12.4. The Balaban J connectivity index is 1.30. The monoisotopic (exact) mass is 495 g/mol. The van der Waals surface area contributed by atoms with E-state index in [2.05, 4.69) is 25.6 Å². The van der Waals surface area contributed by atoms with Crippen LogP contribution in [0.5, 0.6) is 5.75 Å². The fourth-order valence-electron chi connectivity index (χ4n) is 4.54. The lowest BCUT2D eigenvalue weighted by Crippen LogP contribution is -2.41.